The second-order valence-electron chi connectivity index (χ2n) is 4.72. The zero-order chi connectivity index (χ0) is 12.4. The van der Waals surface area contributed by atoms with Gasteiger partial charge in [0, 0.05) is 30.4 Å². The number of aromatic nitrogens is 4. The van der Waals surface area contributed by atoms with Crippen molar-refractivity contribution < 1.29 is 4.57 Å². The molecule has 0 saturated heterocycles. The van der Waals surface area contributed by atoms with E-state index in [1.165, 1.54) is 26.4 Å². The molecule has 0 unspecified atom stereocenters. The normalized spacial score (nSPS) is 13.1. The van der Waals surface area contributed by atoms with Gasteiger partial charge in [-0.05, 0) is 12.1 Å². The summed E-state index contributed by atoms with van der Waals surface area (Å²) in [6.45, 7) is 0.912. The van der Waals surface area contributed by atoms with Crippen LogP contribution in [0, 0.1) is 0 Å². The fraction of sp³-hybridized carbons (Fsp3) is 0.0714. The van der Waals surface area contributed by atoms with Crippen molar-refractivity contribution in [2.24, 2.45) is 0 Å². The smallest absolute Gasteiger partial charge is 0.271 e. The molecule has 5 rings (SSSR count). The monoisotopic (exact) mass is 265 g/mol. The summed E-state index contributed by atoms with van der Waals surface area (Å²) in [5.41, 5.74) is 4.92. The zero-order valence-electron chi connectivity index (χ0n) is 9.95. The highest BCUT2D eigenvalue weighted by atomic mass is 32.1. The van der Waals surface area contributed by atoms with Gasteiger partial charge in [-0.2, -0.15) is 4.57 Å². The molecule has 0 amide bonds. The molecule has 4 nitrogen and oxygen atoms in total. The summed E-state index contributed by atoms with van der Waals surface area (Å²) in [5, 5.41) is 1.32. The molecule has 0 atom stereocenters. The molecule has 90 valence electrons. The lowest BCUT2D eigenvalue weighted by Crippen LogP contribution is -2.29. The minimum Gasteiger partial charge on any atom is -0.300 e. The Morgan fingerprint density at radius 1 is 1.32 bits per heavy atom. The number of hydrogen-bond acceptors (Lipinski definition) is 3. The van der Waals surface area contributed by atoms with E-state index in [1.54, 1.807) is 0 Å². The highest BCUT2D eigenvalue weighted by Crippen LogP contribution is 2.36. The zero-order valence-corrected chi connectivity index (χ0v) is 10.8. The summed E-state index contributed by atoms with van der Waals surface area (Å²) in [6, 6.07) is 4.06. The van der Waals surface area contributed by atoms with Crippen LogP contribution < -0.4 is 4.57 Å². The van der Waals surface area contributed by atoms with Crippen molar-refractivity contribution in [3.8, 4) is 10.6 Å². The first-order valence-electron chi connectivity index (χ1n) is 6.13. The number of rotatable bonds is 0. The summed E-state index contributed by atoms with van der Waals surface area (Å²) < 4.78 is 5.72. The van der Waals surface area contributed by atoms with E-state index in [0.717, 1.165) is 12.2 Å². The Balaban J connectivity index is 1.93. The molecule has 4 aromatic heterocycles. The minimum absolute atomic E-state index is 0.912. The van der Waals surface area contributed by atoms with Crippen molar-refractivity contribution in [2.45, 2.75) is 6.54 Å². The van der Waals surface area contributed by atoms with Crippen LogP contribution in [0.1, 0.15) is 5.56 Å². The van der Waals surface area contributed by atoms with Gasteiger partial charge in [0.25, 0.3) is 5.01 Å². The van der Waals surface area contributed by atoms with Crippen molar-refractivity contribution in [1.29, 1.82) is 0 Å². The van der Waals surface area contributed by atoms with Crippen molar-refractivity contribution >= 4 is 27.2 Å². The maximum atomic E-state index is 4.49. The molecule has 1 aliphatic rings. The molecule has 0 bridgehead atoms. The second kappa shape index (κ2) is 3.19. The van der Waals surface area contributed by atoms with E-state index < -0.39 is 0 Å². The molecule has 0 fully saturated rings. The third-order valence-electron chi connectivity index (χ3n) is 3.67. The lowest BCUT2D eigenvalue weighted by atomic mass is 10.2. The molecule has 0 N–H and O–H groups in total. The second-order valence-corrected chi connectivity index (χ2v) is 5.72. The van der Waals surface area contributed by atoms with Gasteiger partial charge in [-0.15, -0.1) is 0 Å². The Morgan fingerprint density at radius 3 is 3.32 bits per heavy atom. The molecule has 0 radical (unpaired) electrons. The molecule has 0 saturated carbocycles. The van der Waals surface area contributed by atoms with Gasteiger partial charge in [0.2, 0.25) is 5.52 Å². The third-order valence-corrected chi connectivity index (χ3v) is 4.90. The highest BCUT2D eigenvalue weighted by molar-refractivity contribution is 7.22. The molecule has 1 aliphatic heterocycles. The average Bonchev–Trinajstić information content (AvgIpc) is 3.07. The van der Waals surface area contributed by atoms with Crippen LogP contribution in [0.25, 0.3) is 26.4 Å². The number of pyridine rings is 1. The molecule has 0 aliphatic carbocycles. The fourth-order valence-corrected chi connectivity index (χ4v) is 4.10. The molecule has 0 spiro atoms. The molecule has 19 heavy (non-hydrogen) atoms. The summed E-state index contributed by atoms with van der Waals surface area (Å²) in [4.78, 5) is 8.70. The molecular weight excluding hydrogens is 256 g/mol. The largest absolute Gasteiger partial charge is 0.300 e. The van der Waals surface area contributed by atoms with Gasteiger partial charge >= 0.3 is 0 Å². The third kappa shape index (κ3) is 1.11. The van der Waals surface area contributed by atoms with Crippen LogP contribution in [0.2, 0.25) is 0 Å². The molecule has 5 heteroatoms. The number of thiazole rings is 1. The SMILES string of the molecule is c1cnc2c3sc4[n+](c3cn2c1)Cc1cnccc1-4. The van der Waals surface area contributed by atoms with E-state index in [9.17, 15) is 0 Å². The van der Waals surface area contributed by atoms with E-state index in [1.807, 2.05) is 42.2 Å². The van der Waals surface area contributed by atoms with Gasteiger partial charge in [0.05, 0.1) is 11.8 Å². The average molecular weight is 265 g/mol. The number of hydrogen-bond donors (Lipinski definition) is 0. The van der Waals surface area contributed by atoms with Crippen molar-refractivity contribution in [3.05, 3.63) is 48.7 Å². The summed E-state index contributed by atoms with van der Waals surface area (Å²) in [6.07, 6.45) is 9.89. The van der Waals surface area contributed by atoms with Crippen LogP contribution in [-0.2, 0) is 6.54 Å². The number of nitrogens with zero attached hydrogens (tertiary/aromatic N) is 4. The Labute approximate surface area is 112 Å². The quantitative estimate of drug-likeness (QED) is 0.402. The van der Waals surface area contributed by atoms with E-state index in [0.29, 0.717) is 0 Å². The maximum Gasteiger partial charge on any atom is 0.271 e. The summed E-state index contributed by atoms with van der Waals surface area (Å²) in [7, 11) is 0. The first-order chi connectivity index (χ1) is 9.42. The molecular formula is C14H9N4S+. The Kier molecular flexibility index (Phi) is 1.62. The maximum absolute atomic E-state index is 4.49. The van der Waals surface area contributed by atoms with Crippen LogP contribution in [-0.4, -0.2) is 14.4 Å². The standard InChI is InChI=1S/C14H9N4S/c1-3-16-13-12-11(8-17(13)5-1)18-7-9-6-15-4-2-10(9)14(18)19-12/h1-6,8H,7H2/q+1. The highest BCUT2D eigenvalue weighted by Gasteiger charge is 2.33. The lowest BCUT2D eigenvalue weighted by molar-refractivity contribution is -0.642. The van der Waals surface area contributed by atoms with Crippen molar-refractivity contribution in [1.82, 2.24) is 14.4 Å². The summed E-state index contributed by atoms with van der Waals surface area (Å²) in [5.74, 6) is 0. The van der Waals surface area contributed by atoms with Gasteiger partial charge in [-0.1, -0.05) is 11.3 Å². The van der Waals surface area contributed by atoms with E-state index in [2.05, 4.69) is 31.2 Å². The van der Waals surface area contributed by atoms with Crippen molar-refractivity contribution in [3.63, 3.8) is 0 Å². The topological polar surface area (TPSA) is 34.1 Å². The van der Waals surface area contributed by atoms with E-state index in [-0.39, 0.29) is 0 Å². The van der Waals surface area contributed by atoms with Gasteiger partial charge in [0.1, 0.15) is 4.70 Å². The van der Waals surface area contributed by atoms with Gasteiger partial charge < -0.3 is 4.40 Å². The van der Waals surface area contributed by atoms with Crippen LogP contribution in [0.3, 0.4) is 0 Å². The van der Waals surface area contributed by atoms with Gasteiger partial charge in [0.15, 0.2) is 12.2 Å². The van der Waals surface area contributed by atoms with E-state index >= 15 is 0 Å². The minimum atomic E-state index is 0.912. The Hall–Kier alpha value is -2.27. The van der Waals surface area contributed by atoms with E-state index in [4.69, 9.17) is 0 Å². The molecule has 0 aromatic carbocycles. The first-order valence-corrected chi connectivity index (χ1v) is 6.95. The van der Waals surface area contributed by atoms with Crippen LogP contribution in [0.15, 0.2) is 43.1 Å². The van der Waals surface area contributed by atoms with Gasteiger partial charge in [-0.25, -0.2) is 4.98 Å². The number of fused-ring (bicyclic) bond motifs is 7. The van der Waals surface area contributed by atoms with Crippen LogP contribution in [0.5, 0.6) is 0 Å². The van der Waals surface area contributed by atoms with Crippen molar-refractivity contribution in [2.75, 3.05) is 0 Å². The predicted octanol–water partition coefficient (Wildman–Crippen LogP) is 2.26. The first kappa shape index (κ1) is 9.63. The predicted molar refractivity (Wildman–Crippen MR) is 73.1 cm³/mol. The van der Waals surface area contributed by atoms with Gasteiger partial charge in [-0.3, -0.25) is 4.98 Å². The van der Waals surface area contributed by atoms with Crippen LogP contribution >= 0.6 is 11.3 Å². The Bertz CT molecular complexity index is 951. The Morgan fingerprint density at radius 2 is 2.32 bits per heavy atom. The molecule has 4 aromatic rings. The fourth-order valence-electron chi connectivity index (χ4n) is 2.81. The summed E-state index contributed by atoms with van der Waals surface area (Å²) >= 11 is 1.82. The molecule has 5 heterocycles. The lowest BCUT2D eigenvalue weighted by Gasteiger charge is -1.90. The van der Waals surface area contributed by atoms with Crippen LogP contribution in [0.4, 0.5) is 0 Å².